The molecule has 1 aromatic carbocycles. The molecule has 0 bridgehead atoms. The second-order valence-corrected chi connectivity index (χ2v) is 5.36. The Kier molecular flexibility index (Phi) is 3.92. The number of likely N-dealkylation sites (N-methyl/N-ethyl adjacent to an activating group) is 1. The molecule has 1 atom stereocenters. The van der Waals surface area contributed by atoms with E-state index in [1.807, 2.05) is 18.2 Å². The molecule has 1 aliphatic heterocycles. The summed E-state index contributed by atoms with van der Waals surface area (Å²) in [6, 6.07) is 6.26. The number of hydrogen-bond donors (Lipinski definition) is 1. The van der Waals surface area contributed by atoms with Crippen LogP contribution in [0.3, 0.4) is 0 Å². The summed E-state index contributed by atoms with van der Waals surface area (Å²) in [5.74, 6) is 0. The molecule has 1 heterocycles. The van der Waals surface area contributed by atoms with Gasteiger partial charge >= 0.3 is 0 Å². The van der Waals surface area contributed by atoms with Gasteiger partial charge in [0.2, 0.25) is 0 Å². The quantitative estimate of drug-likeness (QED) is 0.819. The molecule has 0 amide bonds. The SMILES string of the molecule is CC1CN(C)CCN1Cc1cc(Cl)ccc1N. The van der Waals surface area contributed by atoms with Crippen LogP contribution in [0.25, 0.3) is 0 Å². The van der Waals surface area contributed by atoms with Gasteiger partial charge in [-0.2, -0.15) is 0 Å². The van der Waals surface area contributed by atoms with Crippen LogP contribution in [0, 0.1) is 0 Å². The molecule has 0 spiro atoms. The minimum Gasteiger partial charge on any atom is -0.398 e. The van der Waals surface area contributed by atoms with Crippen LogP contribution in [-0.4, -0.2) is 42.5 Å². The largest absolute Gasteiger partial charge is 0.398 e. The second kappa shape index (κ2) is 5.25. The molecular weight excluding hydrogens is 234 g/mol. The lowest BCUT2D eigenvalue weighted by Gasteiger charge is -2.38. The molecule has 2 N–H and O–H groups in total. The van der Waals surface area contributed by atoms with E-state index in [2.05, 4.69) is 23.8 Å². The van der Waals surface area contributed by atoms with Gasteiger partial charge in [-0.1, -0.05) is 11.6 Å². The van der Waals surface area contributed by atoms with E-state index in [-0.39, 0.29) is 0 Å². The molecule has 0 aliphatic carbocycles. The summed E-state index contributed by atoms with van der Waals surface area (Å²) in [6.07, 6.45) is 0. The van der Waals surface area contributed by atoms with Gasteiger partial charge in [0.25, 0.3) is 0 Å². The first-order chi connectivity index (χ1) is 8.06. The summed E-state index contributed by atoms with van der Waals surface area (Å²) in [5, 5.41) is 0.760. The Balaban J connectivity index is 2.07. The molecule has 17 heavy (non-hydrogen) atoms. The Morgan fingerprint density at radius 3 is 2.88 bits per heavy atom. The van der Waals surface area contributed by atoms with E-state index in [0.29, 0.717) is 6.04 Å². The third-order valence-electron chi connectivity index (χ3n) is 3.45. The summed E-state index contributed by atoms with van der Waals surface area (Å²) in [6.45, 7) is 6.46. The maximum absolute atomic E-state index is 6.01. The van der Waals surface area contributed by atoms with Crippen LogP contribution in [0.15, 0.2) is 18.2 Å². The van der Waals surface area contributed by atoms with Crippen LogP contribution in [-0.2, 0) is 6.54 Å². The van der Waals surface area contributed by atoms with Crippen LogP contribution in [0.5, 0.6) is 0 Å². The molecule has 1 aromatic rings. The predicted molar refractivity (Wildman–Crippen MR) is 73.2 cm³/mol. The second-order valence-electron chi connectivity index (χ2n) is 4.92. The number of anilines is 1. The molecule has 3 nitrogen and oxygen atoms in total. The molecule has 94 valence electrons. The first-order valence-electron chi connectivity index (χ1n) is 6.03. The fraction of sp³-hybridized carbons (Fsp3) is 0.538. The molecule has 0 saturated carbocycles. The number of nitrogen functional groups attached to an aromatic ring is 1. The smallest absolute Gasteiger partial charge is 0.0410 e. The third kappa shape index (κ3) is 3.12. The van der Waals surface area contributed by atoms with Crippen molar-refractivity contribution in [2.45, 2.75) is 19.5 Å². The zero-order chi connectivity index (χ0) is 12.4. The van der Waals surface area contributed by atoms with Gasteiger partial charge in [-0.25, -0.2) is 0 Å². The van der Waals surface area contributed by atoms with Gasteiger partial charge in [0.05, 0.1) is 0 Å². The van der Waals surface area contributed by atoms with Crippen molar-refractivity contribution >= 4 is 17.3 Å². The van der Waals surface area contributed by atoms with Crippen molar-refractivity contribution in [3.63, 3.8) is 0 Å². The van der Waals surface area contributed by atoms with E-state index in [1.54, 1.807) is 0 Å². The highest BCUT2D eigenvalue weighted by Gasteiger charge is 2.21. The zero-order valence-electron chi connectivity index (χ0n) is 10.5. The minimum absolute atomic E-state index is 0.562. The van der Waals surface area contributed by atoms with Crippen molar-refractivity contribution in [1.82, 2.24) is 9.80 Å². The van der Waals surface area contributed by atoms with Crippen LogP contribution >= 0.6 is 11.6 Å². The maximum Gasteiger partial charge on any atom is 0.0410 e. The highest BCUT2D eigenvalue weighted by molar-refractivity contribution is 6.30. The Hall–Kier alpha value is -0.770. The number of nitrogens with zero attached hydrogens (tertiary/aromatic N) is 2. The van der Waals surface area contributed by atoms with E-state index in [9.17, 15) is 0 Å². The molecule has 1 unspecified atom stereocenters. The van der Waals surface area contributed by atoms with E-state index >= 15 is 0 Å². The van der Waals surface area contributed by atoms with E-state index in [0.717, 1.165) is 42.5 Å². The van der Waals surface area contributed by atoms with Gasteiger partial charge in [0, 0.05) is 42.9 Å². The standard InChI is InChI=1S/C13H20ClN3/c1-10-8-16(2)5-6-17(10)9-11-7-12(14)3-4-13(11)15/h3-4,7,10H,5-6,8-9,15H2,1-2H3. The van der Waals surface area contributed by atoms with Gasteiger partial charge in [-0.05, 0) is 37.7 Å². The highest BCUT2D eigenvalue weighted by Crippen LogP contribution is 2.21. The maximum atomic E-state index is 6.01. The van der Waals surface area contributed by atoms with Crippen molar-refractivity contribution < 1.29 is 0 Å². The molecule has 4 heteroatoms. The molecule has 1 fully saturated rings. The highest BCUT2D eigenvalue weighted by atomic mass is 35.5. The molecule has 0 radical (unpaired) electrons. The Morgan fingerprint density at radius 2 is 2.18 bits per heavy atom. The summed E-state index contributed by atoms with van der Waals surface area (Å²) in [4.78, 5) is 4.82. The molecule has 2 rings (SSSR count). The molecule has 1 saturated heterocycles. The number of benzene rings is 1. The Labute approximate surface area is 108 Å². The fourth-order valence-corrected chi connectivity index (χ4v) is 2.54. The fourth-order valence-electron chi connectivity index (χ4n) is 2.34. The average molecular weight is 254 g/mol. The Bertz CT molecular complexity index is 394. The van der Waals surface area contributed by atoms with Gasteiger partial charge in [0.1, 0.15) is 0 Å². The zero-order valence-corrected chi connectivity index (χ0v) is 11.2. The topological polar surface area (TPSA) is 32.5 Å². The summed E-state index contributed by atoms with van der Waals surface area (Å²) in [7, 11) is 2.17. The van der Waals surface area contributed by atoms with Gasteiger partial charge in [-0.3, -0.25) is 4.90 Å². The Morgan fingerprint density at radius 1 is 1.41 bits per heavy atom. The number of hydrogen-bond acceptors (Lipinski definition) is 3. The van der Waals surface area contributed by atoms with Crippen molar-refractivity contribution in [1.29, 1.82) is 0 Å². The van der Waals surface area contributed by atoms with E-state index in [1.165, 1.54) is 0 Å². The predicted octanol–water partition coefficient (Wildman–Crippen LogP) is 2.06. The molecular formula is C13H20ClN3. The van der Waals surface area contributed by atoms with Crippen LogP contribution < -0.4 is 5.73 Å². The van der Waals surface area contributed by atoms with Gasteiger partial charge < -0.3 is 10.6 Å². The van der Waals surface area contributed by atoms with Gasteiger partial charge in [0.15, 0.2) is 0 Å². The summed E-state index contributed by atoms with van der Waals surface area (Å²) < 4.78 is 0. The van der Waals surface area contributed by atoms with Crippen molar-refractivity contribution in [2.24, 2.45) is 0 Å². The minimum atomic E-state index is 0.562. The lowest BCUT2D eigenvalue weighted by atomic mass is 10.1. The van der Waals surface area contributed by atoms with Crippen LogP contribution in [0.1, 0.15) is 12.5 Å². The monoisotopic (exact) mass is 253 g/mol. The summed E-state index contributed by atoms with van der Waals surface area (Å²) in [5.41, 5.74) is 7.95. The van der Waals surface area contributed by atoms with Crippen molar-refractivity contribution in [3.8, 4) is 0 Å². The number of nitrogens with two attached hydrogens (primary N) is 1. The average Bonchev–Trinajstić information content (AvgIpc) is 2.27. The lowest BCUT2D eigenvalue weighted by molar-refractivity contribution is 0.0940. The number of rotatable bonds is 2. The first kappa shape index (κ1) is 12.7. The third-order valence-corrected chi connectivity index (χ3v) is 3.68. The molecule has 1 aliphatic rings. The van der Waals surface area contributed by atoms with Crippen LogP contribution in [0.2, 0.25) is 5.02 Å². The van der Waals surface area contributed by atoms with Crippen LogP contribution in [0.4, 0.5) is 5.69 Å². The molecule has 0 aromatic heterocycles. The lowest BCUT2D eigenvalue weighted by Crippen LogP contribution is -2.49. The van der Waals surface area contributed by atoms with Crippen molar-refractivity contribution in [2.75, 3.05) is 32.4 Å². The number of piperazine rings is 1. The van der Waals surface area contributed by atoms with E-state index in [4.69, 9.17) is 17.3 Å². The normalized spacial score (nSPS) is 22.9. The first-order valence-corrected chi connectivity index (χ1v) is 6.40. The summed E-state index contributed by atoms with van der Waals surface area (Å²) >= 11 is 6.01. The van der Waals surface area contributed by atoms with Crippen molar-refractivity contribution in [3.05, 3.63) is 28.8 Å². The van der Waals surface area contributed by atoms with Gasteiger partial charge in [-0.15, -0.1) is 0 Å². The number of halogens is 1. The van der Waals surface area contributed by atoms with E-state index < -0.39 is 0 Å².